The molecule has 0 spiro atoms. The van der Waals surface area contributed by atoms with Crippen molar-refractivity contribution in [2.75, 3.05) is 0 Å². The zero-order chi connectivity index (χ0) is 33.7. The largest absolute Gasteiger partial charge is 0.305 e. The zero-order valence-electron chi connectivity index (χ0n) is 27.0. The summed E-state index contributed by atoms with van der Waals surface area (Å²) in [6.07, 6.45) is 4.83. The molecule has 3 heterocycles. The molecule has 1 aliphatic rings. The number of fused-ring (bicyclic) bond motifs is 9. The van der Waals surface area contributed by atoms with Gasteiger partial charge in [0.25, 0.3) is 0 Å². The van der Waals surface area contributed by atoms with Gasteiger partial charge in [-0.05, 0) is 54.3 Å². The number of nitriles is 1. The predicted molar refractivity (Wildman–Crippen MR) is 198 cm³/mol. The molecule has 0 saturated heterocycles. The number of hydrogen-bond acceptors (Lipinski definition) is 1. The number of para-hydroxylation sites is 5. The molecule has 3 aromatic heterocycles. The highest BCUT2D eigenvalue weighted by atomic mass is 19.1. The van der Waals surface area contributed by atoms with Gasteiger partial charge in [0.1, 0.15) is 28.7 Å². The molecule has 0 saturated carbocycles. The molecule has 0 fully saturated rings. The summed E-state index contributed by atoms with van der Waals surface area (Å²) in [5.41, 5.74) is 5.13. The Morgan fingerprint density at radius 2 is 0.920 bits per heavy atom. The van der Waals surface area contributed by atoms with Crippen LogP contribution in [0, 0.1) is 28.9 Å². The standard InChI is InChI=1S/C44H28F2N4/c1-26-22-23-39-32(24-26)31-16-6-11-21-38(31)50(39)44-40(45)42(48-34-17-7-2-12-27(34)28-13-3-8-18-35(28)48)33(25-47)43(41(44)46)49-36-19-9-4-14-29(36)30-15-5-10-20-37(30)49/h2-23,26H,24H2,1H3. The highest BCUT2D eigenvalue weighted by molar-refractivity contribution is 6.11. The summed E-state index contributed by atoms with van der Waals surface area (Å²) in [5.74, 6) is -1.32. The Balaban J connectivity index is 1.46. The fourth-order valence-corrected chi connectivity index (χ4v) is 8.30. The van der Waals surface area contributed by atoms with E-state index in [9.17, 15) is 5.26 Å². The summed E-state index contributed by atoms with van der Waals surface area (Å²) in [7, 11) is 0. The monoisotopic (exact) mass is 650 g/mol. The van der Waals surface area contributed by atoms with Gasteiger partial charge in [0, 0.05) is 32.6 Å². The fourth-order valence-electron chi connectivity index (χ4n) is 8.30. The van der Waals surface area contributed by atoms with Gasteiger partial charge in [0.05, 0.1) is 27.6 Å². The molecular formula is C44H28F2N4. The molecule has 0 aliphatic heterocycles. The first-order chi connectivity index (χ1) is 24.6. The van der Waals surface area contributed by atoms with Gasteiger partial charge >= 0.3 is 0 Å². The Labute approximate surface area is 285 Å². The predicted octanol–water partition coefficient (Wildman–Crippen LogP) is 11.2. The van der Waals surface area contributed by atoms with Crippen LogP contribution in [0.4, 0.5) is 8.78 Å². The van der Waals surface area contributed by atoms with Crippen molar-refractivity contribution in [3.63, 3.8) is 0 Å². The lowest BCUT2D eigenvalue weighted by Crippen LogP contribution is -2.16. The number of nitrogens with zero attached hydrogens (tertiary/aromatic N) is 4. The minimum atomic E-state index is -0.800. The Morgan fingerprint density at radius 1 is 0.540 bits per heavy atom. The Bertz CT molecular complexity index is 2720. The van der Waals surface area contributed by atoms with Crippen LogP contribution in [-0.4, -0.2) is 13.7 Å². The third-order valence-corrected chi connectivity index (χ3v) is 10.4. The molecule has 0 N–H and O–H groups in total. The molecule has 1 unspecified atom stereocenters. The van der Waals surface area contributed by atoms with Gasteiger partial charge in [-0.2, -0.15) is 5.26 Å². The summed E-state index contributed by atoms with van der Waals surface area (Å²) >= 11 is 0. The van der Waals surface area contributed by atoms with E-state index >= 15 is 8.78 Å². The van der Waals surface area contributed by atoms with Crippen molar-refractivity contribution in [1.82, 2.24) is 13.7 Å². The summed E-state index contributed by atoms with van der Waals surface area (Å²) in [5, 5.41) is 15.7. The summed E-state index contributed by atoms with van der Waals surface area (Å²) in [6.45, 7) is 2.15. The van der Waals surface area contributed by atoms with E-state index in [1.54, 1.807) is 13.7 Å². The van der Waals surface area contributed by atoms with E-state index in [1.165, 1.54) is 0 Å². The van der Waals surface area contributed by atoms with Crippen molar-refractivity contribution in [3.8, 4) is 23.1 Å². The van der Waals surface area contributed by atoms with Crippen LogP contribution >= 0.6 is 0 Å². The van der Waals surface area contributed by atoms with Crippen LogP contribution in [0.3, 0.4) is 0 Å². The minimum Gasteiger partial charge on any atom is -0.305 e. The first-order valence-corrected chi connectivity index (χ1v) is 16.8. The topological polar surface area (TPSA) is 38.6 Å². The third kappa shape index (κ3) is 3.72. The normalized spacial score (nSPS) is 14.3. The molecular weight excluding hydrogens is 623 g/mol. The van der Waals surface area contributed by atoms with Gasteiger partial charge in [-0.3, -0.25) is 0 Å². The van der Waals surface area contributed by atoms with Gasteiger partial charge in [-0.1, -0.05) is 104 Å². The average molecular weight is 651 g/mol. The van der Waals surface area contributed by atoms with E-state index in [-0.39, 0.29) is 28.5 Å². The Kier molecular flexibility index (Phi) is 6.01. The second kappa shape index (κ2) is 10.5. The number of allylic oxidation sites excluding steroid dienone is 1. The van der Waals surface area contributed by atoms with Gasteiger partial charge in [-0.25, -0.2) is 8.78 Å². The number of benzene rings is 6. The molecule has 0 bridgehead atoms. The van der Waals surface area contributed by atoms with Gasteiger partial charge < -0.3 is 13.7 Å². The molecule has 238 valence electrons. The highest BCUT2D eigenvalue weighted by Crippen LogP contribution is 2.44. The Hall–Kier alpha value is -6.45. The van der Waals surface area contributed by atoms with Crippen molar-refractivity contribution in [2.45, 2.75) is 13.3 Å². The molecule has 0 amide bonds. The quantitative estimate of drug-likeness (QED) is 0.188. The van der Waals surface area contributed by atoms with E-state index in [0.717, 1.165) is 66.7 Å². The lowest BCUT2D eigenvalue weighted by molar-refractivity contribution is 0.562. The molecule has 50 heavy (non-hydrogen) atoms. The Morgan fingerprint density at radius 3 is 1.34 bits per heavy atom. The summed E-state index contributed by atoms with van der Waals surface area (Å²) < 4.78 is 41.6. The van der Waals surface area contributed by atoms with Crippen molar-refractivity contribution in [1.29, 1.82) is 5.26 Å². The van der Waals surface area contributed by atoms with Gasteiger partial charge in [-0.15, -0.1) is 0 Å². The smallest absolute Gasteiger partial charge is 0.175 e. The van der Waals surface area contributed by atoms with Crippen molar-refractivity contribution >= 4 is 60.6 Å². The second-order valence-electron chi connectivity index (χ2n) is 13.2. The van der Waals surface area contributed by atoms with E-state index in [0.29, 0.717) is 5.52 Å². The summed E-state index contributed by atoms with van der Waals surface area (Å²) in [6, 6.07) is 41.2. The minimum absolute atomic E-state index is 0.0119. The van der Waals surface area contributed by atoms with Crippen LogP contribution in [0.25, 0.3) is 77.7 Å². The number of rotatable bonds is 3. The lowest BCUT2D eigenvalue weighted by Gasteiger charge is -2.23. The molecule has 1 atom stereocenters. The first-order valence-electron chi connectivity index (χ1n) is 16.8. The van der Waals surface area contributed by atoms with Crippen LogP contribution in [0.1, 0.15) is 23.7 Å². The molecule has 1 aliphatic carbocycles. The van der Waals surface area contributed by atoms with Gasteiger partial charge in [0.15, 0.2) is 11.6 Å². The first kappa shape index (κ1) is 28.6. The van der Waals surface area contributed by atoms with Crippen molar-refractivity contribution in [3.05, 3.63) is 156 Å². The van der Waals surface area contributed by atoms with E-state index in [4.69, 9.17) is 0 Å². The molecule has 10 rings (SSSR count). The maximum atomic E-state index is 18.1. The van der Waals surface area contributed by atoms with Crippen molar-refractivity contribution in [2.24, 2.45) is 5.92 Å². The van der Waals surface area contributed by atoms with Crippen LogP contribution in [-0.2, 0) is 6.42 Å². The average Bonchev–Trinajstić information content (AvgIpc) is 3.78. The fraction of sp³-hybridized carbons (Fsp3) is 0.0682. The number of hydrogen-bond donors (Lipinski definition) is 0. The molecule has 6 aromatic carbocycles. The van der Waals surface area contributed by atoms with Crippen LogP contribution < -0.4 is 0 Å². The number of halogens is 2. The molecule has 0 radical (unpaired) electrons. The van der Waals surface area contributed by atoms with E-state index < -0.39 is 11.6 Å². The zero-order valence-corrected chi connectivity index (χ0v) is 27.0. The highest BCUT2D eigenvalue weighted by Gasteiger charge is 2.33. The van der Waals surface area contributed by atoms with E-state index in [2.05, 4.69) is 19.1 Å². The molecule has 9 aromatic rings. The van der Waals surface area contributed by atoms with Crippen LogP contribution in [0.2, 0.25) is 0 Å². The molecule has 6 heteroatoms. The lowest BCUT2D eigenvalue weighted by atomic mass is 9.93. The maximum absolute atomic E-state index is 18.1. The SMILES string of the molecule is CC1C=Cc2c(c3ccccc3n2-c2c(F)c(-n3c4ccccc4c4ccccc43)c(C#N)c(-n3c4ccccc4c4ccccc43)c2F)C1. The third-order valence-electron chi connectivity index (χ3n) is 10.4. The molecule has 4 nitrogen and oxygen atoms in total. The van der Waals surface area contributed by atoms with Gasteiger partial charge in [0.2, 0.25) is 0 Å². The van der Waals surface area contributed by atoms with E-state index in [1.807, 2.05) is 127 Å². The maximum Gasteiger partial charge on any atom is 0.175 e. The van der Waals surface area contributed by atoms with Crippen molar-refractivity contribution < 1.29 is 8.78 Å². The van der Waals surface area contributed by atoms with Crippen LogP contribution in [0.15, 0.2) is 127 Å². The van der Waals surface area contributed by atoms with Crippen LogP contribution in [0.5, 0.6) is 0 Å². The number of aromatic nitrogens is 3. The second-order valence-corrected chi connectivity index (χ2v) is 13.2. The summed E-state index contributed by atoms with van der Waals surface area (Å²) in [4.78, 5) is 0.